The first kappa shape index (κ1) is 26.5. The molecule has 0 saturated carbocycles. The number of benzene rings is 2. The largest absolute Gasteiger partial charge is 0.457 e. The SMILES string of the molecule is Cn1c(Nc2ccc(C(F)(F)F)cc2)nc2cc(Oc3ccnc(-c4ncc(OC(=O)NCCO)[nH]4)c3)ccc21. The maximum Gasteiger partial charge on any atom is 0.416 e. The first-order chi connectivity index (χ1) is 19.2. The van der Waals surface area contributed by atoms with Crippen LogP contribution in [0.25, 0.3) is 22.6 Å². The standard InChI is InChI=1S/C26H22F3N7O4/c1-36-21-7-6-17(12-19(21)34-24(36)33-16-4-2-15(3-5-16)26(27,28)29)39-18-8-9-30-20(13-18)23-32-14-22(35-23)40-25(38)31-10-11-37/h2-9,12-14,37H,10-11H2,1H3,(H,31,38)(H,32,35)(H,33,34). The average molecular weight is 554 g/mol. The fraction of sp³-hybridized carbons (Fsp3) is 0.154. The molecule has 3 heterocycles. The minimum atomic E-state index is -4.41. The Morgan fingerprint density at radius 1 is 1.07 bits per heavy atom. The highest BCUT2D eigenvalue weighted by Crippen LogP contribution is 2.32. The van der Waals surface area contributed by atoms with Crippen LogP contribution in [0, 0.1) is 0 Å². The molecule has 0 atom stereocenters. The monoisotopic (exact) mass is 553 g/mol. The second kappa shape index (κ2) is 10.9. The number of aromatic nitrogens is 5. The van der Waals surface area contributed by atoms with Crippen molar-refractivity contribution in [2.24, 2.45) is 7.05 Å². The van der Waals surface area contributed by atoms with E-state index in [-0.39, 0.29) is 19.0 Å². The van der Waals surface area contributed by atoms with E-state index in [0.717, 1.165) is 17.6 Å². The van der Waals surface area contributed by atoms with Crippen molar-refractivity contribution in [2.75, 3.05) is 18.5 Å². The molecule has 206 valence electrons. The van der Waals surface area contributed by atoms with Crippen LogP contribution in [0.4, 0.5) is 29.6 Å². The number of alkyl halides is 3. The van der Waals surface area contributed by atoms with Crippen LogP contribution < -0.4 is 20.1 Å². The number of amides is 1. The van der Waals surface area contributed by atoms with Crippen molar-refractivity contribution in [1.82, 2.24) is 29.8 Å². The molecule has 0 unspecified atom stereocenters. The number of anilines is 2. The van der Waals surface area contributed by atoms with Crippen molar-refractivity contribution in [3.05, 3.63) is 72.6 Å². The molecule has 5 aromatic rings. The maximum atomic E-state index is 12.8. The van der Waals surface area contributed by atoms with Gasteiger partial charge in [-0.25, -0.2) is 14.8 Å². The Bertz CT molecular complexity index is 1650. The van der Waals surface area contributed by atoms with Crippen LogP contribution in [0.3, 0.4) is 0 Å². The Labute approximate surface area is 224 Å². The third-order valence-electron chi connectivity index (χ3n) is 5.67. The molecule has 4 N–H and O–H groups in total. The van der Waals surface area contributed by atoms with Crippen molar-refractivity contribution < 1.29 is 32.5 Å². The Hall–Kier alpha value is -5.11. The van der Waals surface area contributed by atoms with Gasteiger partial charge in [0.2, 0.25) is 11.8 Å². The minimum absolute atomic E-state index is 0.0576. The van der Waals surface area contributed by atoms with Gasteiger partial charge in [0.15, 0.2) is 5.82 Å². The van der Waals surface area contributed by atoms with Gasteiger partial charge in [0.05, 0.1) is 29.4 Å². The van der Waals surface area contributed by atoms with E-state index in [4.69, 9.17) is 14.6 Å². The summed E-state index contributed by atoms with van der Waals surface area (Å²) < 4.78 is 51.4. The highest BCUT2D eigenvalue weighted by atomic mass is 19.4. The lowest BCUT2D eigenvalue weighted by atomic mass is 10.2. The lowest BCUT2D eigenvalue weighted by Crippen LogP contribution is -2.29. The van der Waals surface area contributed by atoms with Crippen LogP contribution in [0.5, 0.6) is 17.4 Å². The molecule has 14 heteroatoms. The van der Waals surface area contributed by atoms with Gasteiger partial charge in [-0.15, -0.1) is 0 Å². The third-order valence-corrected chi connectivity index (χ3v) is 5.67. The van der Waals surface area contributed by atoms with Crippen LogP contribution in [-0.2, 0) is 13.2 Å². The Kier molecular flexibility index (Phi) is 7.25. The van der Waals surface area contributed by atoms with Gasteiger partial charge in [0.25, 0.3) is 0 Å². The van der Waals surface area contributed by atoms with Crippen LogP contribution in [0.2, 0.25) is 0 Å². The van der Waals surface area contributed by atoms with Gasteiger partial charge >= 0.3 is 12.3 Å². The normalized spacial score (nSPS) is 11.4. The Morgan fingerprint density at radius 3 is 2.60 bits per heavy atom. The number of hydrogen-bond donors (Lipinski definition) is 4. The zero-order valence-corrected chi connectivity index (χ0v) is 20.9. The van der Waals surface area contributed by atoms with E-state index < -0.39 is 17.8 Å². The number of aliphatic hydroxyl groups is 1. The lowest BCUT2D eigenvalue weighted by molar-refractivity contribution is -0.137. The molecular formula is C26H22F3N7O4. The van der Waals surface area contributed by atoms with E-state index in [1.807, 2.05) is 6.07 Å². The van der Waals surface area contributed by atoms with E-state index >= 15 is 0 Å². The molecule has 0 spiro atoms. The van der Waals surface area contributed by atoms with Gasteiger partial charge in [-0.2, -0.15) is 13.2 Å². The first-order valence-electron chi connectivity index (χ1n) is 11.9. The summed E-state index contributed by atoms with van der Waals surface area (Å²) in [4.78, 5) is 27.5. The quantitative estimate of drug-likeness (QED) is 0.211. The number of carbonyl (C=O) groups excluding carboxylic acids is 1. The van der Waals surface area contributed by atoms with E-state index in [1.54, 1.807) is 35.9 Å². The Morgan fingerprint density at radius 2 is 1.85 bits per heavy atom. The number of aromatic amines is 1. The van der Waals surface area contributed by atoms with E-state index in [1.165, 1.54) is 24.5 Å². The summed E-state index contributed by atoms with van der Waals surface area (Å²) in [5.41, 5.74) is 1.56. The van der Waals surface area contributed by atoms with Crippen LogP contribution >= 0.6 is 0 Å². The molecule has 0 fully saturated rings. The summed E-state index contributed by atoms with van der Waals surface area (Å²) in [5.74, 6) is 1.84. The molecule has 0 aliphatic heterocycles. The van der Waals surface area contributed by atoms with Crippen molar-refractivity contribution in [2.45, 2.75) is 6.18 Å². The predicted molar refractivity (Wildman–Crippen MR) is 138 cm³/mol. The molecule has 0 aliphatic carbocycles. The van der Waals surface area contributed by atoms with Crippen LogP contribution in [-0.4, -0.2) is 48.9 Å². The van der Waals surface area contributed by atoms with Crippen LogP contribution in [0.15, 0.2) is 67.0 Å². The Balaban J connectivity index is 1.29. The molecule has 0 bridgehead atoms. The zero-order valence-electron chi connectivity index (χ0n) is 20.9. The molecule has 11 nitrogen and oxygen atoms in total. The highest BCUT2D eigenvalue weighted by molar-refractivity contribution is 5.81. The van der Waals surface area contributed by atoms with Gasteiger partial charge < -0.3 is 34.8 Å². The van der Waals surface area contributed by atoms with Crippen molar-refractivity contribution in [1.29, 1.82) is 0 Å². The number of hydrogen-bond acceptors (Lipinski definition) is 8. The van der Waals surface area contributed by atoms with Gasteiger partial charge in [0.1, 0.15) is 17.2 Å². The lowest BCUT2D eigenvalue weighted by Gasteiger charge is -2.09. The number of aliphatic hydroxyl groups excluding tert-OH is 1. The van der Waals surface area contributed by atoms with Gasteiger partial charge in [-0.05, 0) is 42.5 Å². The minimum Gasteiger partial charge on any atom is -0.457 e. The molecule has 40 heavy (non-hydrogen) atoms. The number of fused-ring (bicyclic) bond motifs is 1. The van der Waals surface area contributed by atoms with E-state index in [9.17, 15) is 18.0 Å². The summed E-state index contributed by atoms with van der Waals surface area (Å²) in [7, 11) is 1.79. The average Bonchev–Trinajstić information content (AvgIpc) is 3.51. The summed E-state index contributed by atoms with van der Waals surface area (Å²) >= 11 is 0. The molecule has 0 aliphatic rings. The smallest absolute Gasteiger partial charge is 0.416 e. The number of halogens is 3. The van der Waals surface area contributed by atoms with Gasteiger partial charge in [-0.1, -0.05) is 0 Å². The molecule has 2 aromatic carbocycles. The number of H-pyrrole nitrogens is 1. The van der Waals surface area contributed by atoms with Gasteiger partial charge in [-0.3, -0.25) is 4.98 Å². The fourth-order valence-corrected chi connectivity index (χ4v) is 3.75. The van der Waals surface area contributed by atoms with E-state index in [0.29, 0.717) is 40.2 Å². The molecule has 1 amide bonds. The van der Waals surface area contributed by atoms with Crippen molar-refractivity contribution in [3.63, 3.8) is 0 Å². The van der Waals surface area contributed by atoms with Crippen molar-refractivity contribution in [3.8, 4) is 28.9 Å². The van der Waals surface area contributed by atoms with Gasteiger partial charge in [0, 0.05) is 37.6 Å². The summed E-state index contributed by atoms with van der Waals surface area (Å²) in [6.07, 6.45) is -2.28. The number of rotatable bonds is 8. The first-order valence-corrected chi connectivity index (χ1v) is 11.9. The summed E-state index contributed by atoms with van der Waals surface area (Å²) in [6, 6.07) is 13.3. The summed E-state index contributed by atoms with van der Waals surface area (Å²) in [6.45, 7) is -0.157. The number of nitrogens with zero attached hydrogens (tertiary/aromatic N) is 4. The number of nitrogens with one attached hydrogen (secondary N) is 3. The second-order valence-corrected chi connectivity index (χ2v) is 8.46. The number of aryl methyl sites for hydroxylation is 1. The number of ether oxygens (including phenoxy) is 2. The highest BCUT2D eigenvalue weighted by Gasteiger charge is 2.30. The molecule has 0 radical (unpaired) electrons. The fourth-order valence-electron chi connectivity index (χ4n) is 3.75. The zero-order chi connectivity index (χ0) is 28.3. The summed E-state index contributed by atoms with van der Waals surface area (Å²) in [5, 5.41) is 14.2. The maximum absolute atomic E-state index is 12.8. The third kappa shape index (κ3) is 5.96. The van der Waals surface area contributed by atoms with Crippen molar-refractivity contribution >= 4 is 28.8 Å². The molecule has 5 rings (SSSR count). The van der Waals surface area contributed by atoms with Crippen LogP contribution in [0.1, 0.15) is 5.56 Å². The molecule has 0 saturated heterocycles. The number of pyridine rings is 1. The molecule has 3 aromatic heterocycles. The number of carbonyl (C=O) groups is 1. The second-order valence-electron chi connectivity index (χ2n) is 8.46. The topological polar surface area (TPSA) is 139 Å². The number of imidazole rings is 2. The molecular weight excluding hydrogens is 531 g/mol. The van der Waals surface area contributed by atoms with E-state index in [2.05, 4.69) is 30.6 Å². The predicted octanol–water partition coefficient (Wildman–Crippen LogP) is 4.99.